The molecule has 1 saturated heterocycles. The van der Waals surface area contributed by atoms with Crippen molar-refractivity contribution in [3.8, 4) is 0 Å². The monoisotopic (exact) mass is 223 g/mol. The second-order valence-corrected chi connectivity index (χ2v) is 5.15. The molecule has 2 rings (SSSR count). The van der Waals surface area contributed by atoms with Gasteiger partial charge in [0.15, 0.2) is 0 Å². The lowest BCUT2D eigenvalue weighted by Crippen LogP contribution is -2.28. The highest BCUT2D eigenvalue weighted by Crippen LogP contribution is 2.44. The van der Waals surface area contributed by atoms with Crippen LogP contribution in [0.3, 0.4) is 0 Å². The Labute approximate surface area is 97.2 Å². The van der Waals surface area contributed by atoms with E-state index in [4.69, 9.17) is 0 Å². The minimum absolute atomic E-state index is 0.0263. The van der Waals surface area contributed by atoms with E-state index in [1.807, 2.05) is 4.90 Å². The number of amides is 1. The van der Waals surface area contributed by atoms with Gasteiger partial charge in [-0.25, -0.2) is 0 Å². The van der Waals surface area contributed by atoms with Gasteiger partial charge >= 0.3 is 0 Å². The van der Waals surface area contributed by atoms with E-state index in [-0.39, 0.29) is 17.7 Å². The second kappa shape index (κ2) is 4.98. The highest BCUT2D eigenvalue weighted by Gasteiger charge is 2.47. The van der Waals surface area contributed by atoms with Crippen molar-refractivity contribution in [1.29, 1.82) is 0 Å². The molecule has 0 N–H and O–H groups in total. The summed E-state index contributed by atoms with van der Waals surface area (Å²) in [5.74, 6) is 0.760. The molecule has 3 nitrogen and oxygen atoms in total. The molecule has 3 heteroatoms. The van der Waals surface area contributed by atoms with Crippen LogP contribution in [-0.2, 0) is 9.59 Å². The van der Waals surface area contributed by atoms with Gasteiger partial charge in [0, 0.05) is 19.0 Å². The van der Waals surface area contributed by atoms with E-state index in [2.05, 4.69) is 6.92 Å². The molecule has 1 aliphatic heterocycles. The van der Waals surface area contributed by atoms with E-state index in [9.17, 15) is 9.59 Å². The molecule has 2 fully saturated rings. The Bertz CT molecular complexity index is 273. The number of rotatable bonds is 6. The Hall–Kier alpha value is -0.860. The third-order valence-electron chi connectivity index (χ3n) is 3.83. The van der Waals surface area contributed by atoms with Crippen LogP contribution in [0.4, 0.5) is 0 Å². The fourth-order valence-corrected chi connectivity index (χ4v) is 2.74. The lowest BCUT2D eigenvalue weighted by molar-refractivity contribution is -0.132. The average molecular weight is 223 g/mol. The maximum absolute atomic E-state index is 12.1. The topological polar surface area (TPSA) is 37.4 Å². The van der Waals surface area contributed by atoms with E-state index in [0.29, 0.717) is 12.5 Å². The number of hydrogen-bond acceptors (Lipinski definition) is 2. The standard InChI is InChI=1S/C13H21NO2/c1-2-3-4-7-14-8-11(9-15)12(13(14)16)10-5-6-10/h9-12H,2-8H2,1H3. The second-order valence-electron chi connectivity index (χ2n) is 5.15. The quantitative estimate of drug-likeness (QED) is 0.509. The first kappa shape index (κ1) is 11.6. The molecule has 0 aromatic rings. The number of aldehydes is 1. The van der Waals surface area contributed by atoms with Gasteiger partial charge in [0.05, 0.1) is 5.92 Å². The van der Waals surface area contributed by atoms with E-state index < -0.39 is 0 Å². The van der Waals surface area contributed by atoms with E-state index >= 15 is 0 Å². The fraction of sp³-hybridized carbons (Fsp3) is 0.846. The molecular weight excluding hydrogens is 202 g/mol. The molecule has 0 bridgehead atoms. The molecule has 0 aromatic carbocycles. The van der Waals surface area contributed by atoms with Crippen LogP contribution in [0.1, 0.15) is 39.0 Å². The maximum Gasteiger partial charge on any atom is 0.226 e. The van der Waals surface area contributed by atoms with Crippen LogP contribution in [-0.4, -0.2) is 30.2 Å². The van der Waals surface area contributed by atoms with E-state index in [1.165, 1.54) is 12.8 Å². The van der Waals surface area contributed by atoms with Crippen LogP contribution in [0.25, 0.3) is 0 Å². The summed E-state index contributed by atoms with van der Waals surface area (Å²) >= 11 is 0. The first-order valence-electron chi connectivity index (χ1n) is 6.52. The summed E-state index contributed by atoms with van der Waals surface area (Å²) in [7, 11) is 0. The first-order valence-corrected chi connectivity index (χ1v) is 6.52. The number of likely N-dealkylation sites (tertiary alicyclic amines) is 1. The lowest BCUT2D eigenvalue weighted by Gasteiger charge is -2.15. The number of hydrogen-bond donors (Lipinski definition) is 0. The molecule has 2 aliphatic rings. The zero-order valence-corrected chi connectivity index (χ0v) is 10.0. The normalized spacial score (nSPS) is 29.8. The van der Waals surface area contributed by atoms with Crippen LogP contribution < -0.4 is 0 Å². The average Bonchev–Trinajstić information content (AvgIpc) is 3.06. The van der Waals surface area contributed by atoms with Crippen molar-refractivity contribution < 1.29 is 9.59 Å². The highest BCUT2D eigenvalue weighted by atomic mass is 16.2. The van der Waals surface area contributed by atoms with Gasteiger partial charge in [-0.3, -0.25) is 4.79 Å². The number of unbranched alkanes of at least 4 members (excludes halogenated alkanes) is 2. The number of nitrogens with zero attached hydrogens (tertiary/aromatic N) is 1. The third kappa shape index (κ3) is 2.28. The van der Waals surface area contributed by atoms with Gasteiger partial charge in [-0.15, -0.1) is 0 Å². The fourth-order valence-electron chi connectivity index (χ4n) is 2.74. The summed E-state index contributed by atoms with van der Waals surface area (Å²) < 4.78 is 0. The molecule has 1 aliphatic carbocycles. The van der Waals surface area contributed by atoms with E-state index in [1.54, 1.807) is 0 Å². The molecule has 1 saturated carbocycles. The van der Waals surface area contributed by atoms with Crippen molar-refractivity contribution >= 4 is 12.2 Å². The zero-order valence-electron chi connectivity index (χ0n) is 10.0. The van der Waals surface area contributed by atoms with Crippen molar-refractivity contribution in [2.75, 3.05) is 13.1 Å². The summed E-state index contributed by atoms with van der Waals surface area (Å²) in [6, 6.07) is 0. The van der Waals surface area contributed by atoms with Crippen molar-refractivity contribution in [2.45, 2.75) is 39.0 Å². The Kier molecular flexibility index (Phi) is 3.62. The predicted molar refractivity (Wildman–Crippen MR) is 61.9 cm³/mol. The third-order valence-corrected chi connectivity index (χ3v) is 3.83. The van der Waals surface area contributed by atoms with Crippen molar-refractivity contribution in [3.63, 3.8) is 0 Å². The van der Waals surface area contributed by atoms with Crippen molar-refractivity contribution in [3.05, 3.63) is 0 Å². The van der Waals surface area contributed by atoms with Gasteiger partial charge in [0.2, 0.25) is 5.91 Å². The highest BCUT2D eigenvalue weighted by molar-refractivity contribution is 5.86. The van der Waals surface area contributed by atoms with Gasteiger partial charge in [0.1, 0.15) is 6.29 Å². The Balaban J connectivity index is 1.90. The van der Waals surface area contributed by atoms with Gasteiger partial charge in [-0.05, 0) is 25.2 Å². The smallest absolute Gasteiger partial charge is 0.226 e. The molecule has 0 spiro atoms. The van der Waals surface area contributed by atoms with Crippen LogP contribution in [0.5, 0.6) is 0 Å². The molecule has 1 amide bonds. The Morgan fingerprint density at radius 3 is 2.69 bits per heavy atom. The number of carbonyl (C=O) groups excluding carboxylic acids is 2. The zero-order chi connectivity index (χ0) is 11.5. The van der Waals surface area contributed by atoms with Crippen LogP contribution >= 0.6 is 0 Å². The molecule has 0 radical (unpaired) electrons. The lowest BCUT2D eigenvalue weighted by atomic mass is 9.92. The molecular formula is C13H21NO2. The van der Waals surface area contributed by atoms with Gasteiger partial charge in [-0.2, -0.15) is 0 Å². The minimum Gasteiger partial charge on any atom is -0.342 e. The molecule has 16 heavy (non-hydrogen) atoms. The Morgan fingerprint density at radius 2 is 2.12 bits per heavy atom. The molecule has 2 atom stereocenters. The summed E-state index contributed by atoms with van der Waals surface area (Å²) in [6.07, 6.45) is 6.70. The van der Waals surface area contributed by atoms with E-state index in [0.717, 1.165) is 32.1 Å². The Morgan fingerprint density at radius 1 is 1.38 bits per heavy atom. The van der Waals surface area contributed by atoms with Gasteiger partial charge in [-0.1, -0.05) is 19.8 Å². The molecule has 0 aromatic heterocycles. The van der Waals surface area contributed by atoms with Gasteiger partial charge in [0.25, 0.3) is 0 Å². The molecule has 2 unspecified atom stereocenters. The summed E-state index contributed by atoms with van der Waals surface area (Å²) in [5.41, 5.74) is 0. The minimum atomic E-state index is -0.0263. The summed E-state index contributed by atoms with van der Waals surface area (Å²) in [4.78, 5) is 25.0. The first-order chi connectivity index (χ1) is 7.77. The van der Waals surface area contributed by atoms with Crippen molar-refractivity contribution in [1.82, 2.24) is 4.90 Å². The van der Waals surface area contributed by atoms with Crippen LogP contribution in [0.2, 0.25) is 0 Å². The van der Waals surface area contributed by atoms with Crippen LogP contribution in [0.15, 0.2) is 0 Å². The number of carbonyl (C=O) groups is 2. The largest absolute Gasteiger partial charge is 0.342 e. The molecule has 90 valence electrons. The molecule has 1 heterocycles. The maximum atomic E-state index is 12.1. The summed E-state index contributed by atoms with van der Waals surface area (Å²) in [6.45, 7) is 3.68. The predicted octanol–water partition coefficient (Wildman–Crippen LogP) is 1.86. The SMILES string of the molecule is CCCCCN1CC(C=O)C(C2CC2)C1=O. The van der Waals surface area contributed by atoms with Gasteiger partial charge < -0.3 is 9.69 Å². The van der Waals surface area contributed by atoms with Crippen molar-refractivity contribution in [2.24, 2.45) is 17.8 Å². The summed E-state index contributed by atoms with van der Waals surface area (Å²) in [5, 5.41) is 0. The van der Waals surface area contributed by atoms with Crippen LogP contribution in [0, 0.1) is 17.8 Å².